The summed E-state index contributed by atoms with van der Waals surface area (Å²) in [5, 5.41) is 10.0. The van der Waals surface area contributed by atoms with Gasteiger partial charge in [-0.3, -0.25) is 4.79 Å². The molecule has 0 unspecified atom stereocenters. The topological polar surface area (TPSA) is 76.0 Å². The largest absolute Gasteiger partial charge is 0.338 e. The fraction of sp³-hybridized carbons (Fsp3) is 0.190. The van der Waals surface area contributed by atoms with Crippen molar-refractivity contribution in [2.45, 2.75) is 19.4 Å². The first-order valence-corrected chi connectivity index (χ1v) is 9.85. The minimum absolute atomic E-state index is 0.124. The summed E-state index contributed by atoms with van der Waals surface area (Å²) in [6, 6.07) is 20.2. The Balaban J connectivity index is 1.44. The number of hydrogen-bond acceptors (Lipinski definition) is 3. The number of aromatic nitrogens is 2. The van der Waals surface area contributed by atoms with E-state index >= 15 is 0 Å². The number of hydrogen-bond donors (Lipinski definition) is 2. The molecule has 0 spiro atoms. The average Bonchev–Trinajstić information content (AvgIpc) is 2.71. The van der Waals surface area contributed by atoms with Crippen molar-refractivity contribution in [2.75, 3.05) is 11.9 Å². The minimum atomic E-state index is -0.247. The summed E-state index contributed by atoms with van der Waals surface area (Å²) in [5.74, 6) is 0. The Bertz CT molecular complexity index is 972. The quantitative estimate of drug-likeness (QED) is 0.538. The fourth-order valence-electron chi connectivity index (χ4n) is 2.67. The number of rotatable bonds is 7. The Hall–Kier alpha value is -2.93. The highest BCUT2D eigenvalue weighted by Gasteiger charge is 2.04. The Labute approximate surface area is 171 Å². The van der Waals surface area contributed by atoms with E-state index < -0.39 is 0 Å². The third kappa shape index (κ3) is 5.79. The molecule has 6 nitrogen and oxygen atoms in total. The lowest BCUT2D eigenvalue weighted by Gasteiger charge is -2.09. The molecule has 3 rings (SSSR count). The van der Waals surface area contributed by atoms with Crippen LogP contribution in [0.2, 0.25) is 0 Å². The smallest absolute Gasteiger partial charge is 0.319 e. The number of anilines is 1. The molecule has 0 aliphatic carbocycles. The number of amides is 2. The molecular weight excluding hydrogens is 420 g/mol. The van der Waals surface area contributed by atoms with Crippen molar-refractivity contribution in [3.8, 4) is 11.3 Å². The molecule has 0 saturated carbocycles. The SMILES string of the molecule is O=C(NCCCCn1nc(-c2ccccc2)ccc1=O)Nc1ccc(Br)cc1. The molecule has 2 amide bonds. The van der Waals surface area contributed by atoms with E-state index in [1.807, 2.05) is 54.6 Å². The molecule has 7 heteroatoms. The molecule has 3 aromatic rings. The van der Waals surface area contributed by atoms with E-state index in [1.54, 1.807) is 12.1 Å². The fourth-order valence-corrected chi connectivity index (χ4v) is 2.93. The van der Waals surface area contributed by atoms with E-state index in [2.05, 4.69) is 31.7 Å². The number of halogens is 1. The number of nitrogens with zero attached hydrogens (tertiary/aromatic N) is 2. The zero-order chi connectivity index (χ0) is 19.8. The van der Waals surface area contributed by atoms with Gasteiger partial charge in [0.2, 0.25) is 0 Å². The van der Waals surface area contributed by atoms with E-state index in [0.29, 0.717) is 13.1 Å². The van der Waals surface area contributed by atoms with Crippen molar-refractivity contribution in [3.63, 3.8) is 0 Å². The summed E-state index contributed by atoms with van der Waals surface area (Å²) in [5.41, 5.74) is 2.35. The highest BCUT2D eigenvalue weighted by atomic mass is 79.9. The third-order valence-electron chi connectivity index (χ3n) is 4.12. The van der Waals surface area contributed by atoms with Crippen LogP contribution in [-0.4, -0.2) is 22.4 Å². The van der Waals surface area contributed by atoms with Gasteiger partial charge in [-0.25, -0.2) is 9.48 Å². The van der Waals surface area contributed by atoms with Gasteiger partial charge < -0.3 is 10.6 Å². The van der Waals surface area contributed by atoms with Crippen LogP contribution in [0, 0.1) is 0 Å². The summed E-state index contributed by atoms with van der Waals surface area (Å²) in [6.45, 7) is 1.03. The van der Waals surface area contributed by atoms with Crippen LogP contribution in [0.3, 0.4) is 0 Å². The summed E-state index contributed by atoms with van der Waals surface area (Å²) in [7, 11) is 0. The van der Waals surface area contributed by atoms with E-state index in [4.69, 9.17) is 0 Å². The van der Waals surface area contributed by atoms with E-state index in [-0.39, 0.29) is 11.6 Å². The van der Waals surface area contributed by atoms with Crippen LogP contribution in [0.25, 0.3) is 11.3 Å². The molecule has 28 heavy (non-hydrogen) atoms. The molecule has 0 radical (unpaired) electrons. The highest BCUT2D eigenvalue weighted by molar-refractivity contribution is 9.10. The first-order valence-electron chi connectivity index (χ1n) is 9.06. The third-order valence-corrected chi connectivity index (χ3v) is 4.65. The van der Waals surface area contributed by atoms with Gasteiger partial charge in [0.1, 0.15) is 0 Å². The number of unbranched alkanes of at least 4 members (excludes halogenated alkanes) is 1. The molecule has 0 bridgehead atoms. The van der Waals surface area contributed by atoms with Crippen LogP contribution in [0.5, 0.6) is 0 Å². The number of nitrogens with one attached hydrogen (secondary N) is 2. The predicted octanol–water partition coefficient (Wildman–Crippen LogP) is 4.27. The summed E-state index contributed by atoms with van der Waals surface area (Å²) < 4.78 is 2.43. The lowest BCUT2D eigenvalue weighted by atomic mass is 10.1. The van der Waals surface area contributed by atoms with E-state index in [9.17, 15) is 9.59 Å². The minimum Gasteiger partial charge on any atom is -0.338 e. The van der Waals surface area contributed by atoms with Crippen LogP contribution in [0.1, 0.15) is 12.8 Å². The molecule has 144 valence electrons. The predicted molar refractivity (Wildman–Crippen MR) is 114 cm³/mol. The maximum atomic E-state index is 12.0. The zero-order valence-corrected chi connectivity index (χ0v) is 16.9. The molecule has 0 aliphatic heterocycles. The Morgan fingerprint density at radius 3 is 2.46 bits per heavy atom. The molecular formula is C21H21BrN4O2. The maximum absolute atomic E-state index is 12.0. The number of carbonyl (C=O) groups excluding carboxylic acids is 1. The molecule has 0 aliphatic rings. The number of aryl methyl sites for hydroxylation is 1. The Morgan fingerprint density at radius 1 is 0.964 bits per heavy atom. The van der Waals surface area contributed by atoms with E-state index in [1.165, 1.54) is 4.68 Å². The van der Waals surface area contributed by atoms with Crippen LogP contribution in [0.15, 0.2) is 76.0 Å². The van der Waals surface area contributed by atoms with Gasteiger partial charge in [0, 0.05) is 34.9 Å². The average molecular weight is 441 g/mol. The van der Waals surface area contributed by atoms with Crippen LogP contribution in [-0.2, 0) is 6.54 Å². The van der Waals surface area contributed by atoms with Crippen molar-refractivity contribution < 1.29 is 4.79 Å². The molecule has 0 saturated heterocycles. The second-order valence-corrected chi connectivity index (χ2v) is 7.16. The molecule has 2 N–H and O–H groups in total. The lowest BCUT2D eigenvalue weighted by molar-refractivity contribution is 0.252. The molecule has 2 aromatic carbocycles. The van der Waals surface area contributed by atoms with Gasteiger partial charge >= 0.3 is 6.03 Å². The van der Waals surface area contributed by atoms with Gasteiger partial charge in [0.15, 0.2) is 0 Å². The first-order chi connectivity index (χ1) is 13.6. The molecule has 0 fully saturated rings. The second-order valence-electron chi connectivity index (χ2n) is 6.24. The van der Waals surface area contributed by atoms with Crippen molar-refractivity contribution >= 4 is 27.6 Å². The number of urea groups is 1. The summed E-state index contributed by atoms with van der Waals surface area (Å²) >= 11 is 3.36. The van der Waals surface area contributed by atoms with Gasteiger partial charge in [-0.1, -0.05) is 46.3 Å². The monoisotopic (exact) mass is 440 g/mol. The van der Waals surface area contributed by atoms with Gasteiger partial charge in [0.25, 0.3) is 5.56 Å². The standard InChI is InChI=1S/C21H21BrN4O2/c22-17-8-10-18(11-9-17)24-21(28)23-14-4-5-15-26-20(27)13-12-19(25-26)16-6-2-1-3-7-16/h1-3,6-13H,4-5,14-15H2,(H2,23,24,28). The van der Waals surface area contributed by atoms with Crippen molar-refractivity contribution in [1.29, 1.82) is 0 Å². The first kappa shape index (κ1) is 19.8. The zero-order valence-electron chi connectivity index (χ0n) is 15.3. The highest BCUT2D eigenvalue weighted by Crippen LogP contribution is 2.14. The van der Waals surface area contributed by atoms with Crippen molar-refractivity contribution in [2.24, 2.45) is 0 Å². The molecule has 1 aromatic heterocycles. The van der Waals surface area contributed by atoms with Gasteiger partial charge in [-0.2, -0.15) is 5.10 Å². The maximum Gasteiger partial charge on any atom is 0.319 e. The summed E-state index contributed by atoms with van der Waals surface area (Å²) in [4.78, 5) is 23.9. The van der Waals surface area contributed by atoms with Gasteiger partial charge in [-0.05, 0) is 43.2 Å². The van der Waals surface area contributed by atoms with Crippen LogP contribution < -0.4 is 16.2 Å². The Kier molecular flexibility index (Phi) is 6.97. The van der Waals surface area contributed by atoms with E-state index in [0.717, 1.165) is 34.3 Å². The van der Waals surface area contributed by atoms with Crippen molar-refractivity contribution in [3.05, 3.63) is 81.6 Å². The normalized spacial score (nSPS) is 10.5. The second kappa shape index (κ2) is 9.85. The van der Waals surface area contributed by atoms with Crippen LogP contribution in [0.4, 0.5) is 10.5 Å². The lowest BCUT2D eigenvalue weighted by Crippen LogP contribution is -2.30. The summed E-state index contributed by atoms with van der Waals surface area (Å²) in [6.07, 6.45) is 1.49. The van der Waals surface area contributed by atoms with Crippen LogP contribution >= 0.6 is 15.9 Å². The van der Waals surface area contributed by atoms with Gasteiger partial charge in [-0.15, -0.1) is 0 Å². The van der Waals surface area contributed by atoms with Gasteiger partial charge in [0.05, 0.1) is 5.69 Å². The molecule has 1 heterocycles. The Morgan fingerprint density at radius 2 is 1.71 bits per heavy atom. The molecule has 0 atom stereocenters. The number of benzene rings is 2. The number of carbonyl (C=O) groups is 1. The van der Waals surface area contributed by atoms with Crippen molar-refractivity contribution in [1.82, 2.24) is 15.1 Å².